The molecule has 0 atom stereocenters. The highest BCUT2D eigenvalue weighted by Crippen LogP contribution is 2.32. The van der Waals surface area contributed by atoms with Gasteiger partial charge in [-0.2, -0.15) is 9.61 Å². The van der Waals surface area contributed by atoms with Crippen LogP contribution in [-0.2, 0) is 0 Å². The molecule has 0 saturated carbocycles. The number of rotatable bonds is 1. The number of nitrogen functional groups attached to an aromatic ring is 1. The van der Waals surface area contributed by atoms with Crippen molar-refractivity contribution in [2.24, 2.45) is 0 Å². The van der Waals surface area contributed by atoms with Crippen LogP contribution in [0.2, 0.25) is 5.02 Å². The Kier molecular flexibility index (Phi) is 2.36. The summed E-state index contributed by atoms with van der Waals surface area (Å²) in [6.07, 6.45) is 4.12. The zero-order valence-corrected chi connectivity index (χ0v) is 10.4. The summed E-state index contributed by atoms with van der Waals surface area (Å²) in [5, 5.41) is 4.67. The van der Waals surface area contributed by atoms with Crippen LogP contribution in [0.25, 0.3) is 5.65 Å². The molecule has 1 aliphatic heterocycles. The second-order valence-electron chi connectivity index (χ2n) is 4.39. The van der Waals surface area contributed by atoms with Crippen LogP contribution in [0.4, 0.5) is 11.6 Å². The first kappa shape index (κ1) is 10.7. The molecule has 5 nitrogen and oxygen atoms in total. The zero-order chi connectivity index (χ0) is 12.0. The van der Waals surface area contributed by atoms with E-state index in [9.17, 15) is 0 Å². The molecule has 1 aliphatic rings. The third-order valence-corrected chi connectivity index (χ3v) is 3.55. The Labute approximate surface area is 104 Å². The van der Waals surface area contributed by atoms with E-state index in [4.69, 9.17) is 17.3 Å². The summed E-state index contributed by atoms with van der Waals surface area (Å²) in [5.74, 6) is 1.25. The first-order valence-electron chi connectivity index (χ1n) is 5.73. The molecule has 2 aromatic heterocycles. The van der Waals surface area contributed by atoms with Gasteiger partial charge in [-0.25, -0.2) is 4.98 Å². The molecule has 17 heavy (non-hydrogen) atoms. The van der Waals surface area contributed by atoms with Crippen molar-refractivity contribution in [1.82, 2.24) is 14.6 Å². The van der Waals surface area contributed by atoms with Gasteiger partial charge in [0.25, 0.3) is 0 Å². The van der Waals surface area contributed by atoms with Gasteiger partial charge in [-0.15, -0.1) is 0 Å². The number of hydrogen-bond acceptors (Lipinski definition) is 4. The van der Waals surface area contributed by atoms with Crippen molar-refractivity contribution >= 4 is 28.9 Å². The quantitative estimate of drug-likeness (QED) is 0.841. The fraction of sp³-hybridized carbons (Fsp3) is 0.455. The molecule has 2 aromatic rings. The molecular weight excluding hydrogens is 238 g/mol. The summed E-state index contributed by atoms with van der Waals surface area (Å²) >= 11 is 6.27. The monoisotopic (exact) mass is 251 g/mol. The van der Waals surface area contributed by atoms with Crippen molar-refractivity contribution in [3.8, 4) is 0 Å². The highest BCUT2D eigenvalue weighted by atomic mass is 35.5. The number of fused-ring (bicyclic) bond motifs is 1. The lowest BCUT2D eigenvalue weighted by atomic mass is 10.4. The smallest absolute Gasteiger partial charge is 0.162 e. The highest BCUT2D eigenvalue weighted by Gasteiger charge is 2.21. The molecule has 2 N–H and O–H groups in total. The van der Waals surface area contributed by atoms with E-state index < -0.39 is 0 Å². The van der Waals surface area contributed by atoms with E-state index in [1.165, 1.54) is 12.8 Å². The Morgan fingerprint density at radius 1 is 1.35 bits per heavy atom. The van der Waals surface area contributed by atoms with Gasteiger partial charge in [0, 0.05) is 18.7 Å². The van der Waals surface area contributed by atoms with Crippen LogP contribution in [0.15, 0.2) is 6.20 Å². The van der Waals surface area contributed by atoms with Gasteiger partial charge in [-0.3, -0.25) is 0 Å². The van der Waals surface area contributed by atoms with Crippen LogP contribution in [-0.4, -0.2) is 27.7 Å². The van der Waals surface area contributed by atoms with Crippen molar-refractivity contribution < 1.29 is 0 Å². The van der Waals surface area contributed by atoms with Crippen LogP contribution in [0.3, 0.4) is 0 Å². The molecule has 0 bridgehead atoms. The lowest BCUT2D eigenvalue weighted by Gasteiger charge is -2.19. The minimum atomic E-state index is 0.465. The van der Waals surface area contributed by atoms with Gasteiger partial charge < -0.3 is 10.6 Å². The molecule has 6 heteroatoms. The van der Waals surface area contributed by atoms with Gasteiger partial charge in [0.05, 0.1) is 6.20 Å². The summed E-state index contributed by atoms with van der Waals surface area (Å²) in [6.45, 7) is 3.96. The van der Waals surface area contributed by atoms with Gasteiger partial charge >= 0.3 is 0 Å². The van der Waals surface area contributed by atoms with E-state index in [-0.39, 0.29) is 0 Å². The van der Waals surface area contributed by atoms with Crippen molar-refractivity contribution in [3.05, 3.63) is 16.8 Å². The number of anilines is 2. The van der Waals surface area contributed by atoms with E-state index in [0.29, 0.717) is 10.8 Å². The van der Waals surface area contributed by atoms with Crippen LogP contribution >= 0.6 is 11.6 Å². The predicted octanol–water partition coefficient (Wildman–Crippen LogP) is 1.87. The number of aryl methyl sites for hydroxylation is 1. The summed E-state index contributed by atoms with van der Waals surface area (Å²) in [5.41, 5.74) is 7.80. The van der Waals surface area contributed by atoms with Crippen molar-refractivity contribution in [3.63, 3.8) is 0 Å². The zero-order valence-electron chi connectivity index (χ0n) is 9.65. The molecule has 3 heterocycles. The molecule has 90 valence electrons. The van der Waals surface area contributed by atoms with Gasteiger partial charge in [0.1, 0.15) is 10.8 Å². The number of aromatic nitrogens is 3. The van der Waals surface area contributed by atoms with E-state index >= 15 is 0 Å². The maximum absolute atomic E-state index is 6.27. The minimum Gasteiger partial charge on any atom is -0.382 e. The summed E-state index contributed by atoms with van der Waals surface area (Å²) in [6, 6.07) is 0. The van der Waals surface area contributed by atoms with Gasteiger partial charge in [0.2, 0.25) is 0 Å². The molecule has 0 aliphatic carbocycles. The summed E-state index contributed by atoms with van der Waals surface area (Å²) < 4.78 is 1.59. The lowest BCUT2D eigenvalue weighted by molar-refractivity contribution is 0.906. The molecule has 0 radical (unpaired) electrons. The third-order valence-electron chi connectivity index (χ3n) is 3.19. The average molecular weight is 252 g/mol. The molecule has 0 aromatic carbocycles. The molecule has 0 amide bonds. The molecule has 0 spiro atoms. The number of nitrogens with two attached hydrogens (primary N) is 1. The number of nitrogens with zero attached hydrogens (tertiary/aromatic N) is 4. The predicted molar refractivity (Wildman–Crippen MR) is 68.6 cm³/mol. The number of halogens is 1. The van der Waals surface area contributed by atoms with Gasteiger partial charge in [-0.1, -0.05) is 11.6 Å². The Balaban J connectivity index is 2.23. The maximum atomic E-state index is 6.27. The fourth-order valence-corrected chi connectivity index (χ4v) is 2.47. The van der Waals surface area contributed by atoms with Crippen LogP contribution in [0, 0.1) is 6.92 Å². The third kappa shape index (κ3) is 1.53. The lowest BCUT2D eigenvalue weighted by Crippen LogP contribution is -2.20. The van der Waals surface area contributed by atoms with E-state index in [1.54, 1.807) is 10.7 Å². The van der Waals surface area contributed by atoms with Crippen molar-refractivity contribution in [2.75, 3.05) is 23.7 Å². The van der Waals surface area contributed by atoms with E-state index in [2.05, 4.69) is 15.0 Å². The number of hydrogen-bond donors (Lipinski definition) is 1. The molecule has 1 fully saturated rings. The molecule has 3 rings (SSSR count). The minimum absolute atomic E-state index is 0.465. The highest BCUT2D eigenvalue weighted by molar-refractivity contribution is 6.35. The van der Waals surface area contributed by atoms with Crippen molar-refractivity contribution in [2.45, 2.75) is 19.8 Å². The Hall–Kier alpha value is -1.49. The molecule has 1 saturated heterocycles. The second-order valence-corrected chi connectivity index (χ2v) is 4.77. The molecular formula is C11H14ClN5. The van der Waals surface area contributed by atoms with Crippen LogP contribution in [0.5, 0.6) is 0 Å². The van der Waals surface area contributed by atoms with E-state index in [0.717, 1.165) is 30.1 Å². The first-order valence-corrected chi connectivity index (χ1v) is 6.10. The topological polar surface area (TPSA) is 59.5 Å². The molecule has 0 unspecified atom stereocenters. The largest absolute Gasteiger partial charge is 0.382 e. The van der Waals surface area contributed by atoms with Gasteiger partial charge in [-0.05, 0) is 19.8 Å². The van der Waals surface area contributed by atoms with Crippen LogP contribution < -0.4 is 10.6 Å². The second kappa shape index (κ2) is 3.77. The Bertz CT molecular complexity index is 571. The summed E-state index contributed by atoms with van der Waals surface area (Å²) in [4.78, 5) is 6.78. The Morgan fingerprint density at radius 3 is 2.76 bits per heavy atom. The normalized spacial score (nSPS) is 16.0. The van der Waals surface area contributed by atoms with Crippen LogP contribution in [0.1, 0.15) is 18.4 Å². The average Bonchev–Trinajstić information content (AvgIpc) is 2.94. The summed E-state index contributed by atoms with van der Waals surface area (Å²) in [7, 11) is 0. The maximum Gasteiger partial charge on any atom is 0.162 e. The Morgan fingerprint density at radius 2 is 2.06 bits per heavy atom. The first-order chi connectivity index (χ1) is 8.18. The SMILES string of the molecule is Cc1cnn2c(N)c(Cl)c(N3CCCC3)nc12. The standard InChI is InChI=1S/C11H14ClN5/c1-7-6-14-17-9(13)8(12)11(15-10(7)17)16-4-2-3-5-16/h6H,2-5,13H2,1H3. The van der Waals surface area contributed by atoms with Crippen molar-refractivity contribution in [1.29, 1.82) is 0 Å². The van der Waals surface area contributed by atoms with Gasteiger partial charge in [0.15, 0.2) is 11.5 Å². The fourth-order valence-electron chi connectivity index (χ4n) is 2.23. The van der Waals surface area contributed by atoms with E-state index in [1.807, 2.05) is 6.92 Å².